The Morgan fingerprint density at radius 2 is 2.11 bits per heavy atom. The lowest BCUT2D eigenvalue weighted by Crippen LogP contribution is -2.33. The molecule has 0 aliphatic heterocycles. The fourth-order valence-electron chi connectivity index (χ4n) is 1.68. The molecule has 0 fully saturated rings. The maximum atomic E-state index is 14.8. The third-order valence-electron chi connectivity index (χ3n) is 2.58. The van der Waals surface area contributed by atoms with Gasteiger partial charge in [-0.15, -0.1) is 10.2 Å². The molecule has 0 spiro atoms. The van der Waals surface area contributed by atoms with Gasteiger partial charge in [-0.1, -0.05) is 28.1 Å². The summed E-state index contributed by atoms with van der Waals surface area (Å²) in [6.45, 7) is 0. The van der Waals surface area contributed by atoms with Crippen molar-refractivity contribution >= 4 is 15.9 Å². The minimum Gasteiger partial charge on any atom is -0.318 e. The Morgan fingerprint density at radius 1 is 1.39 bits per heavy atom. The highest BCUT2D eigenvalue weighted by Gasteiger charge is 2.48. The molecule has 7 heteroatoms. The van der Waals surface area contributed by atoms with E-state index in [1.807, 2.05) is 0 Å². The van der Waals surface area contributed by atoms with Crippen LogP contribution in [0.2, 0.25) is 0 Å². The van der Waals surface area contributed by atoms with Crippen molar-refractivity contribution in [1.82, 2.24) is 14.8 Å². The van der Waals surface area contributed by atoms with Crippen LogP contribution in [-0.4, -0.2) is 21.2 Å². The zero-order valence-corrected chi connectivity index (χ0v) is 10.9. The Morgan fingerprint density at radius 3 is 2.61 bits per heavy atom. The van der Waals surface area contributed by atoms with E-state index >= 15 is 0 Å². The van der Waals surface area contributed by atoms with Gasteiger partial charge in [-0.3, -0.25) is 0 Å². The van der Waals surface area contributed by atoms with Gasteiger partial charge >= 0.3 is 0 Å². The summed E-state index contributed by atoms with van der Waals surface area (Å²) in [5.41, 5.74) is -3.14. The number of halogens is 4. The van der Waals surface area contributed by atoms with Gasteiger partial charge in [0.25, 0.3) is 12.1 Å². The van der Waals surface area contributed by atoms with Gasteiger partial charge in [0.05, 0.1) is 0 Å². The highest BCUT2D eigenvalue weighted by molar-refractivity contribution is 9.10. The van der Waals surface area contributed by atoms with Crippen LogP contribution in [-0.2, 0) is 12.7 Å². The lowest BCUT2D eigenvalue weighted by molar-refractivity contribution is -0.0176. The van der Waals surface area contributed by atoms with Crippen molar-refractivity contribution in [3.05, 3.63) is 46.5 Å². The number of alkyl halides is 3. The summed E-state index contributed by atoms with van der Waals surface area (Å²) < 4.78 is 42.8. The lowest BCUT2D eigenvalue weighted by atomic mass is 9.95. The van der Waals surface area contributed by atoms with Gasteiger partial charge in [-0.05, 0) is 12.1 Å². The number of aromatic nitrogens is 3. The summed E-state index contributed by atoms with van der Waals surface area (Å²) in [6, 6.07) is 5.73. The van der Waals surface area contributed by atoms with E-state index in [2.05, 4.69) is 26.1 Å². The van der Waals surface area contributed by atoms with Crippen LogP contribution in [0.15, 0.2) is 35.1 Å². The van der Waals surface area contributed by atoms with E-state index in [9.17, 15) is 13.2 Å². The molecule has 1 aromatic heterocycles. The molecule has 1 aromatic carbocycles. The van der Waals surface area contributed by atoms with Crippen LogP contribution in [0.4, 0.5) is 13.2 Å². The quantitative estimate of drug-likeness (QED) is 0.870. The molecule has 1 heterocycles. The van der Waals surface area contributed by atoms with Gasteiger partial charge in [0.2, 0.25) is 0 Å². The minimum atomic E-state index is -3.24. The van der Waals surface area contributed by atoms with Crippen LogP contribution in [0.25, 0.3) is 0 Å². The average molecular weight is 320 g/mol. The van der Waals surface area contributed by atoms with Crippen LogP contribution >= 0.6 is 15.9 Å². The molecular weight excluding hydrogens is 311 g/mol. The first-order valence-corrected chi connectivity index (χ1v) is 5.83. The van der Waals surface area contributed by atoms with Gasteiger partial charge in [0.1, 0.15) is 6.33 Å². The molecule has 1 unspecified atom stereocenters. The topological polar surface area (TPSA) is 30.7 Å². The van der Waals surface area contributed by atoms with Crippen LogP contribution in [0.1, 0.15) is 11.4 Å². The smallest absolute Gasteiger partial charge is 0.283 e. The largest absolute Gasteiger partial charge is 0.318 e. The fourth-order valence-corrected chi connectivity index (χ4v) is 2.08. The fraction of sp³-hybridized carbons (Fsp3) is 0.273. The maximum Gasteiger partial charge on any atom is 0.283 e. The van der Waals surface area contributed by atoms with Crippen molar-refractivity contribution in [2.24, 2.45) is 7.05 Å². The summed E-state index contributed by atoms with van der Waals surface area (Å²) in [4.78, 5) is 0. The second-order valence-electron chi connectivity index (χ2n) is 3.79. The standard InChI is InChI=1S/C11H9BrF3N3/c1-18-6-16-17-10(18)11(15,9(13)14)7-3-2-4-8(12)5-7/h2-6,9H,1H3. The molecule has 2 aromatic rings. The van der Waals surface area contributed by atoms with Gasteiger partial charge in [0, 0.05) is 17.1 Å². The number of hydrogen-bond acceptors (Lipinski definition) is 2. The number of benzene rings is 1. The zero-order chi connectivity index (χ0) is 13.3. The van der Waals surface area contributed by atoms with Crippen molar-refractivity contribution in [3.8, 4) is 0 Å². The molecule has 18 heavy (non-hydrogen) atoms. The average Bonchev–Trinajstić information content (AvgIpc) is 2.74. The Labute approximate surface area is 110 Å². The Balaban J connectivity index is 2.62. The van der Waals surface area contributed by atoms with Gasteiger partial charge in [0.15, 0.2) is 5.82 Å². The molecule has 1 atom stereocenters. The Bertz CT molecular complexity index is 558. The highest BCUT2D eigenvalue weighted by Crippen LogP contribution is 2.39. The van der Waals surface area contributed by atoms with Gasteiger partial charge in [-0.2, -0.15) is 0 Å². The monoisotopic (exact) mass is 319 g/mol. The maximum absolute atomic E-state index is 14.8. The molecule has 0 amide bonds. The van der Waals surface area contributed by atoms with E-state index in [1.54, 1.807) is 6.07 Å². The van der Waals surface area contributed by atoms with Crippen molar-refractivity contribution < 1.29 is 13.2 Å². The second kappa shape index (κ2) is 4.72. The van der Waals surface area contributed by atoms with E-state index in [0.29, 0.717) is 4.47 Å². The predicted molar refractivity (Wildman–Crippen MR) is 63.0 cm³/mol. The molecule has 0 bridgehead atoms. The van der Waals surface area contributed by atoms with Gasteiger partial charge < -0.3 is 4.57 Å². The van der Waals surface area contributed by atoms with Crippen molar-refractivity contribution in [2.45, 2.75) is 12.1 Å². The molecular formula is C11H9BrF3N3. The summed E-state index contributed by atoms with van der Waals surface area (Å²) in [5.74, 6) is -0.421. The third kappa shape index (κ3) is 2.03. The summed E-state index contributed by atoms with van der Waals surface area (Å²) >= 11 is 3.13. The number of aryl methyl sites for hydroxylation is 1. The number of hydrogen-bond donors (Lipinski definition) is 0. The van der Waals surface area contributed by atoms with E-state index in [-0.39, 0.29) is 5.56 Å². The molecule has 0 saturated heterocycles. The van der Waals surface area contributed by atoms with Crippen molar-refractivity contribution in [2.75, 3.05) is 0 Å². The zero-order valence-electron chi connectivity index (χ0n) is 9.32. The Hall–Kier alpha value is -1.37. The highest BCUT2D eigenvalue weighted by atomic mass is 79.9. The molecule has 0 N–H and O–H groups in total. The molecule has 96 valence electrons. The number of nitrogens with zero attached hydrogens (tertiary/aromatic N) is 3. The minimum absolute atomic E-state index is 0.164. The molecule has 0 radical (unpaired) electrons. The summed E-state index contributed by atoms with van der Waals surface area (Å²) in [6.07, 6.45) is -2.06. The predicted octanol–water partition coefficient (Wildman–Crippen LogP) is 3.06. The van der Waals surface area contributed by atoms with E-state index in [4.69, 9.17) is 0 Å². The third-order valence-corrected chi connectivity index (χ3v) is 3.08. The molecule has 2 rings (SSSR count). The first-order chi connectivity index (χ1) is 8.46. The normalized spacial score (nSPS) is 14.8. The van der Waals surface area contributed by atoms with E-state index < -0.39 is 17.9 Å². The molecule has 0 saturated carbocycles. The van der Waals surface area contributed by atoms with Crippen LogP contribution in [0.5, 0.6) is 0 Å². The molecule has 0 aliphatic rings. The first kappa shape index (κ1) is 13.1. The van der Waals surface area contributed by atoms with E-state index in [1.165, 1.54) is 31.6 Å². The lowest BCUT2D eigenvalue weighted by Gasteiger charge is -2.23. The number of rotatable bonds is 3. The van der Waals surface area contributed by atoms with Crippen LogP contribution in [0, 0.1) is 0 Å². The van der Waals surface area contributed by atoms with Crippen molar-refractivity contribution in [3.63, 3.8) is 0 Å². The van der Waals surface area contributed by atoms with Gasteiger partial charge in [-0.25, -0.2) is 13.2 Å². The Kier molecular flexibility index (Phi) is 3.43. The second-order valence-corrected chi connectivity index (χ2v) is 4.70. The van der Waals surface area contributed by atoms with Crippen molar-refractivity contribution in [1.29, 1.82) is 0 Å². The molecule has 3 nitrogen and oxygen atoms in total. The summed E-state index contributed by atoms with van der Waals surface area (Å²) in [7, 11) is 1.42. The summed E-state index contributed by atoms with van der Waals surface area (Å²) in [5, 5.41) is 6.90. The van der Waals surface area contributed by atoms with Crippen LogP contribution in [0.3, 0.4) is 0 Å². The first-order valence-electron chi connectivity index (χ1n) is 5.04. The van der Waals surface area contributed by atoms with Crippen LogP contribution < -0.4 is 0 Å². The molecule has 0 aliphatic carbocycles. The van der Waals surface area contributed by atoms with E-state index in [0.717, 1.165) is 4.57 Å². The SMILES string of the molecule is Cn1cnnc1C(F)(c1cccc(Br)c1)C(F)F.